The van der Waals surface area contributed by atoms with Gasteiger partial charge in [0.2, 0.25) is 0 Å². The van der Waals surface area contributed by atoms with Crippen LogP contribution in [0.4, 0.5) is 0 Å². The third kappa shape index (κ3) is 3.81. The van der Waals surface area contributed by atoms with Gasteiger partial charge in [0, 0.05) is 17.7 Å². The fourth-order valence-corrected chi connectivity index (χ4v) is 3.50. The average molecular weight is 370 g/mol. The van der Waals surface area contributed by atoms with Gasteiger partial charge in [-0.1, -0.05) is 54.6 Å². The molecule has 0 unspecified atom stereocenters. The summed E-state index contributed by atoms with van der Waals surface area (Å²) in [6.07, 6.45) is 2.65. The average Bonchev–Trinajstić information content (AvgIpc) is 3.11. The normalized spacial score (nSPS) is 11.0. The number of unbranched alkanes of at least 4 members (excludes halogenated alkanes) is 1. The molecule has 4 nitrogen and oxygen atoms in total. The second kappa shape index (κ2) is 8.09. The van der Waals surface area contributed by atoms with Gasteiger partial charge in [0.1, 0.15) is 5.82 Å². The van der Waals surface area contributed by atoms with E-state index in [-0.39, 0.29) is 6.42 Å². The van der Waals surface area contributed by atoms with E-state index in [0.717, 1.165) is 41.0 Å². The number of carbonyl (C=O) groups is 1. The lowest BCUT2D eigenvalue weighted by molar-refractivity contribution is -0.137. The first-order valence-corrected chi connectivity index (χ1v) is 9.56. The van der Waals surface area contributed by atoms with E-state index in [1.807, 2.05) is 36.4 Å². The van der Waals surface area contributed by atoms with E-state index >= 15 is 0 Å². The van der Waals surface area contributed by atoms with Crippen LogP contribution in [0, 0.1) is 0 Å². The molecule has 28 heavy (non-hydrogen) atoms. The summed E-state index contributed by atoms with van der Waals surface area (Å²) >= 11 is 0. The Kier molecular flexibility index (Phi) is 5.20. The van der Waals surface area contributed by atoms with Crippen LogP contribution in [0.3, 0.4) is 0 Å². The number of imidazole rings is 1. The molecule has 0 bridgehead atoms. The minimum absolute atomic E-state index is 0.225. The van der Waals surface area contributed by atoms with Crippen molar-refractivity contribution in [3.05, 3.63) is 84.4 Å². The van der Waals surface area contributed by atoms with Gasteiger partial charge in [0.15, 0.2) is 0 Å². The smallest absolute Gasteiger partial charge is 0.303 e. The number of carboxylic acid groups (broad SMARTS) is 1. The van der Waals surface area contributed by atoms with E-state index in [4.69, 9.17) is 10.1 Å². The summed E-state index contributed by atoms with van der Waals surface area (Å²) in [5.41, 5.74) is 5.38. The van der Waals surface area contributed by atoms with E-state index in [0.29, 0.717) is 6.42 Å². The predicted molar refractivity (Wildman–Crippen MR) is 112 cm³/mol. The van der Waals surface area contributed by atoms with Gasteiger partial charge in [-0.15, -0.1) is 0 Å². The van der Waals surface area contributed by atoms with Crippen LogP contribution in [-0.2, 0) is 11.2 Å². The largest absolute Gasteiger partial charge is 0.481 e. The summed E-state index contributed by atoms with van der Waals surface area (Å²) in [4.78, 5) is 15.6. The minimum atomic E-state index is -0.731. The van der Waals surface area contributed by atoms with Gasteiger partial charge in [-0.2, -0.15) is 0 Å². The minimum Gasteiger partial charge on any atom is -0.481 e. The summed E-state index contributed by atoms with van der Waals surface area (Å²) in [7, 11) is 0. The number of nitrogens with zero attached hydrogens (tertiary/aromatic N) is 2. The molecule has 4 heteroatoms. The topological polar surface area (TPSA) is 55.1 Å². The van der Waals surface area contributed by atoms with Gasteiger partial charge in [0.25, 0.3) is 0 Å². The standard InChI is InChI=1S/C24H22N2O2/c27-23(28)14-8-7-9-18-15-16-21-22(17-18)26(20-12-5-2-6-13-20)24(25-21)19-10-3-1-4-11-19/h1-6,10-13,15-17H,7-9,14H2,(H,27,28). The molecule has 4 rings (SSSR count). The quantitative estimate of drug-likeness (QED) is 0.438. The molecule has 0 saturated heterocycles. The molecule has 0 amide bonds. The zero-order valence-electron chi connectivity index (χ0n) is 15.6. The lowest BCUT2D eigenvalue weighted by Gasteiger charge is -2.10. The number of benzene rings is 3. The molecule has 3 aromatic carbocycles. The second-order valence-corrected chi connectivity index (χ2v) is 6.90. The zero-order chi connectivity index (χ0) is 19.3. The van der Waals surface area contributed by atoms with Crippen LogP contribution in [0.1, 0.15) is 24.8 Å². The van der Waals surface area contributed by atoms with Crippen molar-refractivity contribution in [3.8, 4) is 17.1 Å². The number of fused-ring (bicyclic) bond motifs is 1. The SMILES string of the molecule is O=C(O)CCCCc1ccc2nc(-c3ccccc3)n(-c3ccccc3)c2c1. The van der Waals surface area contributed by atoms with Gasteiger partial charge < -0.3 is 5.11 Å². The number of hydrogen-bond donors (Lipinski definition) is 1. The molecule has 0 spiro atoms. The third-order valence-corrected chi connectivity index (χ3v) is 4.87. The maximum absolute atomic E-state index is 10.7. The maximum Gasteiger partial charge on any atom is 0.303 e. The van der Waals surface area contributed by atoms with Crippen LogP contribution in [-0.4, -0.2) is 20.6 Å². The predicted octanol–water partition coefficient (Wildman–Crippen LogP) is 5.49. The summed E-state index contributed by atoms with van der Waals surface area (Å²) in [5.74, 6) is 0.190. The summed E-state index contributed by atoms with van der Waals surface area (Å²) in [5, 5.41) is 8.81. The fourth-order valence-electron chi connectivity index (χ4n) is 3.50. The molecule has 140 valence electrons. The number of carboxylic acids is 1. The molecule has 0 radical (unpaired) electrons. The molecular formula is C24H22N2O2. The molecule has 0 aliphatic carbocycles. The van der Waals surface area contributed by atoms with E-state index < -0.39 is 5.97 Å². The van der Waals surface area contributed by atoms with Crippen LogP contribution in [0.2, 0.25) is 0 Å². The van der Waals surface area contributed by atoms with Crippen molar-refractivity contribution in [1.29, 1.82) is 0 Å². The van der Waals surface area contributed by atoms with Gasteiger partial charge in [-0.25, -0.2) is 4.98 Å². The van der Waals surface area contributed by atoms with Crippen molar-refractivity contribution in [2.75, 3.05) is 0 Å². The van der Waals surface area contributed by atoms with E-state index in [1.54, 1.807) is 0 Å². The highest BCUT2D eigenvalue weighted by atomic mass is 16.4. The highest BCUT2D eigenvalue weighted by Gasteiger charge is 2.14. The Balaban J connectivity index is 1.76. The molecule has 0 aliphatic heterocycles. The molecule has 0 saturated carbocycles. The number of aryl methyl sites for hydroxylation is 1. The molecule has 4 aromatic rings. The van der Waals surface area contributed by atoms with E-state index in [1.165, 1.54) is 5.56 Å². The maximum atomic E-state index is 10.7. The highest BCUT2D eigenvalue weighted by molar-refractivity contribution is 5.83. The van der Waals surface area contributed by atoms with Crippen LogP contribution in [0.25, 0.3) is 28.1 Å². The Labute approximate surface area is 164 Å². The van der Waals surface area contributed by atoms with Crippen molar-refractivity contribution in [2.45, 2.75) is 25.7 Å². The third-order valence-electron chi connectivity index (χ3n) is 4.87. The van der Waals surface area contributed by atoms with E-state index in [2.05, 4.69) is 47.0 Å². The lowest BCUT2D eigenvalue weighted by Crippen LogP contribution is -1.98. The molecule has 1 heterocycles. The van der Waals surface area contributed by atoms with Gasteiger partial charge in [-0.3, -0.25) is 9.36 Å². The van der Waals surface area contributed by atoms with Gasteiger partial charge >= 0.3 is 5.97 Å². The molecule has 0 fully saturated rings. The van der Waals surface area contributed by atoms with Crippen molar-refractivity contribution in [3.63, 3.8) is 0 Å². The van der Waals surface area contributed by atoms with E-state index in [9.17, 15) is 4.79 Å². The van der Waals surface area contributed by atoms with Crippen LogP contribution < -0.4 is 0 Å². The first-order valence-electron chi connectivity index (χ1n) is 9.56. The summed E-state index contributed by atoms with van der Waals surface area (Å²) in [6.45, 7) is 0. The van der Waals surface area contributed by atoms with Gasteiger partial charge in [0.05, 0.1) is 11.0 Å². The summed E-state index contributed by atoms with van der Waals surface area (Å²) < 4.78 is 2.20. The molecule has 0 aliphatic rings. The monoisotopic (exact) mass is 370 g/mol. The highest BCUT2D eigenvalue weighted by Crippen LogP contribution is 2.29. The van der Waals surface area contributed by atoms with Gasteiger partial charge in [-0.05, 0) is 49.1 Å². The zero-order valence-corrected chi connectivity index (χ0v) is 15.6. The Morgan fingerprint density at radius 1 is 0.893 bits per heavy atom. The first kappa shape index (κ1) is 18.0. The molecule has 1 N–H and O–H groups in total. The molecular weight excluding hydrogens is 348 g/mol. The lowest BCUT2D eigenvalue weighted by atomic mass is 10.1. The van der Waals surface area contributed by atoms with Crippen molar-refractivity contribution in [1.82, 2.24) is 9.55 Å². The number of para-hydroxylation sites is 1. The fraction of sp³-hybridized carbons (Fsp3) is 0.167. The van der Waals surface area contributed by atoms with Crippen molar-refractivity contribution < 1.29 is 9.90 Å². The molecule has 0 atom stereocenters. The Morgan fingerprint density at radius 3 is 2.32 bits per heavy atom. The number of rotatable bonds is 7. The van der Waals surface area contributed by atoms with Crippen LogP contribution in [0.5, 0.6) is 0 Å². The first-order chi connectivity index (χ1) is 13.7. The molecule has 1 aromatic heterocycles. The van der Waals surface area contributed by atoms with Crippen LogP contribution in [0.15, 0.2) is 78.9 Å². The Hall–Kier alpha value is -3.40. The number of hydrogen-bond acceptors (Lipinski definition) is 2. The van der Waals surface area contributed by atoms with Crippen LogP contribution >= 0.6 is 0 Å². The van der Waals surface area contributed by atoms with Crippen molar-refractivity contribution in [2.24, 2.45) is 0 Å². The Bertz CT molecular complexity index is 1090. The second-order valence-electron chi connectivity index (χ2n) is 6.90. The van der Waals surface area contributed by atoms with Crippen molar-refractivity contribution >= 4 is 17.0 Å². The Morgan fingerprint density at radius 2 is 1.61 bits per heavy atom. The number of aliphatic carboxylic acids is 1. The summed E-state index contributed by atoms with van der Waals surface area (Å²) in [6, 6.07) is 26.8. The number of aromatic nitrogens is 2.